The molecule has 2 rings (SSSR count). The minimum atomic E-state index is -0.598. The van der Waals surface area contributed by atoms with Gasteiger partial charge in [-0.3, -0.25) is 4.68 Å². The Morgan fingerprint density at radius 3 is 2.81 bits per heavy atom. The van der Waals surface area contributed by atoms with Crippen molar-refractivity contribution in [3.8, 4) is 0 Å². The van der Waals surface area contributed by atoms with Gasteiger partial charge >= 0.3 is 0 Å². The predicted molar refractivity (Wildman–Crippen MR) is 61.1 cm³/mol. The van der Waals surface area contributed by atoms with E-state index in [0.29, 0.717) is 11.6 Å². The van der Waals surface area contributed by atoms with Gasteiger partial charge in [0.25, 0.3) is 0 Å². The average Bonchev–Trinajstić information content (AvgIpc) is 2.65. The van der Waals surface area contributed by atoms with Crippen LogP contribution >= 0.6 is 11.6 Å². The monoisotopic (exact) mass is 237 g/mol. The number of aromatic nitrogens is 3. The number of hydrogen-bond acceptors (Lipinski definition) is 3. The second kappa shape index (κ2) is 4.63. The molecule has 0 fully saturated rings. The Balaban J connectivity index is 2.08. The fraction of sp³-hybridized carbons (Fsp3) is 0.273. The molecule has 0 aliphatic rings. The first kappa shape index (κ1) is 11.1. The van der Waals surface area contributed by atoms with Crippen molar-refractivity contribution in [2.24, 2.45) is 7.05 Å². The van der Waals surface area contributed by atoms with Crippen LogP contribution in [-0.2, 0) is 13.5 Å². The summed E-state index contributed by atoms with van der Waals surface area (Å²) in [7, 11) is 1.85. The maximum atomic E-state index is 9.94. The third-order valence-corrected chi connectivity index (χ3v) is 2.53. The number of halogens is 1. The van der Waals surface area contributed by atoms with Gasteiger partial charge in [0.15, 0.2) is 0 Å². The third kappa shape index (κ3) is 2.59. The lowest BCUT2D eigenvalue weighted by molar-refractivity contribution is 0.176. The molecule has 84 valence electrons. The number of aliphatic hydroxyl groups is 1. The zero-order chi connectivity index (χ0) is 11.5. The topological polar surface area (TPSA) is 50.9 Å². The molecule has 16 heavy (non-hydrogen) atoms. The van der Waals surface area contributed by atoms with Gasteiger partial charge < -0.3 is 5.11 Å². The molecule has 1 atom stereocenters. The van der Waals surface area contributed by atoms with E-state index in [4.69, 9.17) is 11.6 Å². The van der Waals surface area contributed by atoms with Gasteiger partial charge in [-0.05, 0) is 17.7 Å². The van der Waals surface area contributed by atoms with E-state index in [2.05, 4.69) is 10.1 Å². The van der Waals surface area contributed by atoms with Crippen molar-refractivity contribution in [2.45, 2.75) is 12.5 Å². The summed E-state index contributed by atoms with van der Waals surface area (Å²) in [5.74, 6) is 0. The Labute approximate surface area is 98.5 Å². The summed E-state index contributed by atoms with van der Waals surface area (Å²) in [6, 6.07) is 5.31. The Bertz CT molecular complexity index is 466. The predicted octanol–water partition coefficient (Wildman–Crippen LogP) is 1.74. The summed E-state index contributed by atoms with van der Waals surface area (Å²) < 4.78 is 1.71. The van der Waals surface area contributed by atoms with Gasteiger partial charge in [-0.25, -0.2) is 4.98 Å². The highest BCUT2D eigenvalue weighted by atomic mass is 35.5. The van der Waals surface area contributed by atoms with Crippen LogP contribution in [0.3, 0.4) is 0 Å². The van der Waals surface area contributed by atoms with E-state index in [1.54, 1.807) is 23.0 Å². The molecule has 1 unspecified atom stereocenters. The zero-order valence-electron chi connectivity index (χ0n) is 8.84. The number of aliphatic hydroxyl groups excluding tert-OH is 1. The molecule has 1 N–H and O–H groups in total. The largest absolute Gasteiger partial charge is 0.388 e. The molecule has 0 saturated carbocycles. The van der Waals surface area contributed by atoms with Crippen LogP contribution in [0.1, 0.15) is 17.4 Å². The van der Waals surface area contributed by atoms with Crippen molar-refractivity contribution in [3.05, 3.63) is 47.0 Å². The van der Waals surface area contributed by atoms with Gasteiger partial charge in [0.05, 0.1) is 11.8 Å². The summed E-state index contributed by atoms with van der Waals surface area (Å²) in [6.45, 7) is 0. The van der Waals surface area contributed by atoms with Gasteiger partial charge in [-0.15, -0.1) is 0 Å². The van der Waals surface area contributed by atoms with E-state index in [1.165, 1.54) is 0 Å². The van der Waals surface area contributed by atoms with Crippen LogP contribution in [0.15, 0.2) is 30.6 Å². The first-order valence-corrected chi connectivity index (χ1v) is 5.31. The summed E-state index contributed by atoms with van der Waals surface area (Å²) in [4.78, 5) is 3.93. The van der Waals surface area contributed by atoms with Crippen molar-refractivity contribution < 1.29 is 5.11 Å². The van der Waals surface area contributed by atoms with E-state index in [-0.39, 0.29) is 0 Å². The number of nitrogens with zero attached hydrogens (tertiary/aromatic N) is 3. The normalized spacial score (nSPS) is 12.7. The molecule has 2 heterocycles. The van der Waals surface area contributed by atoms with E-state index in [1.807, 2.05) is 19.3 Å². The van der Waals surface area contributed by atoms with E-state index >= 15 is 0 Å². The fourth-order valence-electron chi connectivity index (χ4n) is 1.47. The lowest BCUT2D eigenvalue weighted by atomic mass is 10.1. The van der Waals surface area contributed by atoms with Crippen LogP contribution in [-0.4, -0.2) is 19.9 Å². The Morgan fingerprint density at radius 1 is 1.44 bits per heavy atom. The summed E-state index contributed by atoms with van der Waals surface area (Å²) in [6.07, 6.45) is 3.31. The highest BCUT2D eigenvalue weighted by Crippen LogP contribution is 2.17. The maximum absolute atomic E-state index is 9.94. The van der Waals surface area contributed by atoms with E-state index < -0.39 is 6.10 Å². The molecule has 2 aromatic rings. The second-order valence-corrected chi connectivity index (χ2v) is 4.00. The van der Waals surface area contributed by atoms with Crippen LogP contribution in [0, 0.1) is 0 Å². The van der Waals surface area contributed by atoms with Crippen molar-refractivity contribution in [1.82, 2.24) is 14.8 Å². The van der Waals surface area contributed by atoms with Crippen molar-refractivity contribution in [2.75, 3.05) is 0 Å². The quantitative estimate of drug-likeness (QED) is 0.828. The Kier molecular flexibility index (Phi) is 3.22. The molecular weight excluding hydrogens is 226 g/mol. The standard InChI is InChI=1S/C11H12ClN3O/c1-15-5-4-9(14-15)6-10(16)8-2-3-11(12)13-7-8/h2-5,7,10,16H,6H2,1H3. The highest BCUT2D eigenvalue weighted by molar-refractivity contribution is 6.29. The maximum Gasteiger partial charge on any atom is 0.129 e. The highest BCUT2D eigenvalue weighted by Gasteiger charge is 2.10. The van der Waals surface area contributed by atoms with Crippen LogP contribution in [0.4, 0.5) is 0 Å². The molecule has 0 spiro atoms. The fourth-order valence-corrected chi connectivity index (χ4v) is 1.58. The van der Waals surface area contributed by atoms with Gasteiger partial charge in [0, 0.05) is 25.9 Å². The minimum absolute atomic E-state index is 0.425. The molecular formula is C11H12ClN3O. The van der Waals surface area contributed by atoms with Crippen LogP contribution in [0.2, 0.25) is 5.15 Å². The van der Waals surface area contributed by atoms with Crippen LogP contribution in [0.25, 0.3) is 0 Å². The minimum Gasteiger partial charge on any atom is -0.388 e. The second-order valence-electron chi connectivity index (χ2n) is 3.61. The lowest BCUT2D eigenvalue weighted by Crippen LogP contribution is -2.03. The molecule has 0 aromatic carbocycles. The van der Waals surface area contributed by atoms with Gasteiger partial charge in [-0.2, -0.15) is 5.10 Å². The number of pyridine rings is 1. The van der Waals surface area contributed by atoms with Gasteiger partial charge in [0.1, 0.15) is 5.15 Å². The Morgan fingerprint density at radius 2 is 2.25 bits per heavy atom. The van der Waals surface area contributed by atoms with Crippen LogP contribution in [0.5, 0.6) is 0 Å². The molecule has 0 aliphatic heterocycles. The van der Waals surface area contributed by atoms with Crippen molar-refractivity contribution in [1.29, 1.82) is 0 Å². The molecule has 0 radical (unpaired) electrons. The van der Waals surface area contributed by atoms with Gasteiger partial charge in [-0.1, -0.05) is 17.7 Å². The average molecular weight is 238 g/mol. The zero-order valence-corrected chi connectivity index (χ0v) is 9.59. The number of aryl methyl sites for hydroxylation is 1. The lowest BCUT2D eigenvalue weighted by Gasteiger charge is -2.08. The summed E-state index contributed by atoms with van der Waals surface area (Å²) in [5.41, 5.74) is 1.60. The molecule has 0 amide bonds. The number of hydrogen-bond donors (Lipinski definition) is 1. The van der Waals surface area contributed by atoms with Crippen LogP contribution < -0.4 is 0 Å². The summed E-state index contributed by atoms with van der Waals surface area (Å²) >= 11 is 5.67. The molecule has 0 bridgehead atoms. The van der Waals surface area contributed by atoms with E-state index in [0.717, 1.165) is 11.3 Å². The SMILES string of the molecule is Cn1ccc(CC(O)c2ccc(Cl)nc2)n1. The molecule has 0 saturated heterocycles. The van der Waals surface area contributed by atoms with Crippen molar-refractivity contribution >= 4 is 11.6 Å². The van der Waals surface area contributed by atoms with Gasteiger partial charge in [0.2, 0.25) is 0 Å². The molecule has 0 aliphatic carbocycles. The smallest absolute Gasteiger partial charge is 0.129 e. The molecule has 5 heteroatoms. The van der Waals surface area contributed by atoms with Crippen molar-refractivity contribution in [3.63, 3.8) is 0 Å². The number of rotatable bonds is 3. The Hall–Kier alpha value is -1.39. The first-order valence-electron chi connectivity index (χ1n) is 4.93. The first-order chi connectivity index (χ1) is 7.65. The molecule has 2 aromatic heterocycles. The third-order valence-electron chi connectivity index (χ3n) is 2.31. The summed E-state index contributed by atoms with van der Waals surface area (Å²) in [5, 5.41) is 14.6. The van der Waals surface area contributed by atoms with E-state index in [9.17, 15) is 5.11 Å². The molecule has 4 nitrogen and oxygen atoms in total.